The van der Waals surface area contributed by atoms with Crippen molar-refractivity contribution < 1.29 is 4.39 Å². The van der Waals surface area contributed by atoms with Gasteiger partial charge in [-0.15, -0.1) is 11.6 Å². The van der Waals surface area contributed by atoms with Crippen LogP contribution in [-0.2, 0) is 0 Å². The highest BCUT2D eigenvalue weighted by Crippen LogP contribution is 2.25. The molecule has 0 saturated heterocycles. The Balaban J connectivity index is 2.96. The van der Waals surface area contributed by atoms with E-state index in [2.05, 4.69) is 0 Å². The summed E-state index contributed by atoms with van der Waals surface area (Å²) < 4.78 is 12.9. The predicted octanol–water partition coefficient (Wildman–Crippen LogP) is 3.70. The van der Waals surface area contributed by atoms with E-state index < -0.39 is 5.82 Å². The van der Waals surface area contributed by atoms with Crippen LogP contribution in [0, 0.1) is 5.82 Å². The molecule has 2 N–H and O–H groups in total. The lowest BCUT2D eigenvalue weighted by atomic mass is 10.1. The number of allylic oxidation sites excluding steroid dienone is 1. The van der Waals surface area contributed by atoms with E-state index in [1.807, 2.05) is 6.08 Å². The van der Waals surface area contributed by atoms with Crippen LogP contribution in [0.25, 0.3) is 6.08 Å². The van der Waals surface area contributed by atoms with E-state index in [1.54, 1.807) is 6.08 Å². The van der Waals surface area contributed by atoms with Crippen molar-refractivity contribution in [3.63, 3.8) is 0 Å². The van der Waals surface area contributed by atoms with Crippen molar-refractivity contribution in [2.75, 3.05) is 11.6 Å². The van der Waals surface area contributed by atoms with Crippen molar-refractivity contribution >= 4 is 35.0 Å². The number of nitrogens with two attached hydrogens (primary N) is 1. The summed E-state index contributed by atoms with van der Waals surface area (Å²) in [7, 11) is 0. The average Bonchev–Trinajstić information content (AvgIpc) is 2.13. The molecule has 0 unspecified atom stereocenters. The van der Waals surface area contributed by atoms with E-state index in [9.17, 15) is 4.39 Å². The Morgan fingerprint density at radius 1 is 1.43 bits per heavy atom. The summed E-state index contributed by atoms with van der Waals surface area (Å²) in [5.41, 5.74) is 6.62. The summed E-state index contributed by atoms with van der Waals surface area (Å²) in [5.74, 6) is 0.133. The van der Waals surface area contributed by atoms with Gasteiger partial charge < -0.3 is 5.73 Å². The Hall–Kier alpha value is -0.730. The van der Waals surface area contributed by atoms with Gasteiger partial charge in [0.25, 0.3) is 0 Å². The molecule has 0 aliphatic heterocycles. The second kappa shape index (κ2) is 5.23. The summed E-state index contributed by atoms with van der Waals surface area (Å²) in [6.07, 6.45) is 4.26. The molecule has 0 spiro atoms. The van der Waals surface area contributed by atoms with Crippen LogP contribution in [0.2, 0.25) is 5.02 Å². The first-order valence-corrected chi connectivity index (χ1v) is 5.03. The van der Waals surface area contributed by atoms with Crippen molar-refractivity contribution in [3.8, 4) is 0 Å². The lowest BCUT2D eigenvalue weighted by molar-refractivity contribution is 0.628. The lowest BCUT2D eigenvalue weighted by Crippen LogP contribution is -1.92. The molecule has 76 valence electrons. The van der Waals surface area contributed by atoms with Gasteiger partial charge in [-0.05, 0) is 18.6 Å². The molecule has 4 heteroatoms. The Morgan fingerprint density at radius 2 is 2.14 bits per heavy atom. The van der Waals surface area contributed by atoms with E-state index in [0.29, 0.717) is 17.1 Å². The highest BCUT2D eigenvalue weighted by molar-refractivity contribution is 6.33. The summed E-state index contributed by atoms with van der Waals surface area (Å²) in [6, 6.07) is 2.53. The minimum absolute atomic E-state index is 0.232. The Labute approximate surface area is 92.3 Å². The van der Waals surface area contributed by atoms with Gasteiger partial charge in [0, 0.05) is 11.4 Å². The fraction of sp³-hybridized carbons (Fsp3) is 0.200. The molecule has 0 aromatic heterocycles. The summed E-state index contributed by atoms with van der Waals surface area (Å²) in [4.78, 5) is 0. The predicted molar refractivity (Wildman–Crippen MR) is 60.2 cm³/mol. The Kier molecular flexibility index (Phi) is 4.23. The van der Waals surface area contributed by atoms with Crippen LogP contribution in [0.4, 0.5) is 10.1 Å². The largest absolute Gasteiger partial charge is 0.397 e. The van der Waals surface area contributed by atoms with Crippen molar-refractivity contribution in [1.82, 2.24) is 0 Å². The maximum Gasteiger partial charge on any atom is 0.125 e. The van der Waals surface area contributed by atoms with E-state index >= 15 is 0 Å². The second-order valence-electron chi connectivity index (χ2n) is 2.77. The van der Waals surface area contributed by atoms with Crippen molar-refractivity contribution in [1.29, 1.82) is 0 Å². The van der Waals surface area contributed by atoms with Gasteiger partial charge in [-0.3, -0.25) is 0 Å². The maximum atomic E-state index is 12.9. The van der Waals surface area contributed by atoms with Gasteiger partial charge in [-0.2, -0.15) is 0 Å². The number of rotatable bonds is 3. The molecule has 0 saturated carbocycles. The zero-order valence-corrected chi connectivity index (χ0v) is 8.95. The van der Waals surface area contributed by atoms with Gasteiger partial charge in [0.1, 0.15) is 5.82 Å². The second-order valence-corrected chi connectivity index (χ2v) is 3.56. The first kappa shape index (κ1) is 11.3. The SMILES string of the molecule is Nc1c(Cl)cc(F)cc1C=CCCCl. The molecule has 0 aliphatic rings. The number of alkyl halides is 1. The zero-order valence-electron chi connectivity index (χ0n) is 7.43. The number of anilines is 1. The zero-order chi connectivity index (χ0) is 10.6. The van der Waals surface area contributed by atoms with Crippen molar-refractivity contribution in [3.05, 3.63) is 34.6 Å². The third kappa shape index (κ3) is 2.89. The van der Waals surface area contributed by atoms with Crippen LogP contribution in [0.3, 0.4) is 0 Å². The molecule has 0 fully saturated rings. The number of benzene rings is 1. The number of halogens is 3. The van der Waals surface area contributed by atoms with Crippen LogP contribution < -0.4 is 5.73 Å². The lowest BCUT2D eigenvalue weighted by Gasteiger charge is -2.02. The van der Waals surface area contributed by atoms with Gasteiger partial charge in [-0.25, -0.2) is 4.39 Å². The third-order valence-electron chi connectivity index (χ3n) is 1.70. The molecule has 1 rings (SSSR count). The standard InChI is InChI=1S/C10H10Cl2FN/c11-4-2-1-3-7-5-8(13)6-9(12)10(7)14/h1,3,5-6H,2,4,14H2. The quantitative estimate of drug-likeness (QED) is 0.626. The number of hydrogen-bond acceptors (Lipinski definition) is 1. The van der Waals surface area contributed by atoms with E-state index in [0.717, 1.165) is 6.42 Å². The highest BCUT2D eigenvalue weighted by Gasteiger charge is 2.03. The summed E-state index contributed by atoms with van der Waals surface area (Å²) in [6.45, 7) is 0. The van der Waals surface area contributed by atoms with Crippen LogP contribution >= 0.6 is 23.2 Å². The molecule has 14 heavy (non-hydrogen) atoms. The molecular weight excluding hydrogens is 224 g/mol. The number of nitrogen functional groups attached to an aromatic ring is 1. The first-order valence-electron chi connectivity index (χ1n) is 4.12. The maximum absolute atomic E-state index is 12.9. The van der Waals surface area contributed by atoms with Crippen LogP contribution in [0.1, 0.15) is 12.0 Å². The van der Waals surface area contributed by atoms with Crippen molar-refractivity contribution in [2.45, 2.75) is 6.42 Å². The fourth-order valence-electron chi connectivity index (χ4n) is 1.02. The normalized spacial score (nSPS) is 11.1. The molecule has 0 atom stereocenters. The van der Waals surface area contributed by atoms with Gasteiger partial charge in [0.2, 0.25) is 0 Å². The Bertz CT molecular complexity index is 350. The minimum atomic E-state index is -0.394. The summed E-state index contributed by atoms with van der Waals surface area (Å²) >= 11 is 11.2. The van der Waals surface area contributed by atoms with E-state index in [1.165, 1.54) is 12.1 Å². The van der Waals surface area contributed by atoms with Crippen LogP contribution in [0.5, 0.6) is 0 Å². The fourth-order valence-corrected chi connectivity index (χ4v) is 1.36. The van der Waals surface area contributed by atoms with Crippen LogP contribution in [-0.4, -0.2) is 5.88 Å². The molecule has 0 amide bonds. The molecule has 1 aromatic carbocycles. The topological polar surface area (TPSA) is 26.0 Å². The molecule has 0 heterocycles. The van der Waals surface area contributed by atoms with Gasteiger partial charge in [-0.1, -0.05) is 23.8 Å². The van der Waals surface area contributed by atoms with Gasteiger partial charge in [0.15, 0.2) is 0 Å². The molecule has 1 nitrogen and oxygen atoms in total. The molecule has 0 aliphatic carbocycles. The van der Waals surface area contributed by atoms with Gasteiger partial charge >= 0.3 is 0 Å². The monoisotopic (exact) mass is 233 g/mol. The van der Waals surface area contributed by atoms with Crippen molar-refractivity contribution in [2.24, 2.45) is 0 Å². The smallest absolute Gasteiger partial charge is 0.125 e. The minimum Gasteiger partial charge on any atom is -0.397 e. The molecule has 0 radical (unpaired) electrons. The highest BCUT2D eigenvalue weighted by atomic mass is 35.5. The van der Waals surface area contributed by atoms with Gasteiger partial charge in [0.05, 0.1) is 10.7 Å². The van der Waals surface area contributed by atoms with E-state index in [-0.39, 0.29) is 5.02 Å². The van der Waals surface area contributed by atoms with E-state index in [4.69, 9.17) is 28.9 Å². The first-order chi connectivity index (χ1) is 6.65. The molecule has 1 aromatic rings. The average molecular weight is 234 g/mol. The Morgan fingerprint density at radius 3 is 2.79 bits per heavy atom. The van der Waals surface area contributed by atoms with Crippen LogP contribution in [0.15, 0.2) is 18.2 Å². The number of hydrogen-bond donors (Lipinski definition) is 1. The molecular formula is C10H10Cl2FN. The summed E-state index contributed by atoms with van der Waals surface area (Å²) in [5, 5.41) is 0.232. The molecule has 0 bridgehead atoms. The third-order valence-corrected chi connectivity index (χ3v) is 2.23.